The molecule has 10 heteroatoms. The number of amides is 3. The number of likely N-dealkylation sites (N-methyl/N-ethyl adjacent to an activating group) is 1. The monoisotopic (exact) mass is 659 g/mol. The van der Waals surface area contributed by atoms with E-state index in [1.54, 1.807) is 55.6 Å². The molecule has 7 nitrogen and oxygen atoms in total. The van der Waals surface area contributed by atoms with E-state index in [0.29, 0.717) is 63.3 Å². The number of benzene rings is 3. The van der Waals surface area contributed by atoms with Gasteiger partial charge < -0.3 is 19.9 Å². The number of halogens is 3. The van der Waals surface area contributed by atoms with E-state index in [1.807, 2.05) is 17.9 Å². The lowest BCUT2D eigenvalue weighted by Gasteiger charge is -2.35. The second kappa shape index (κ2) is 13.3. The minimum Gasteiger partial charge on any atom is -0.457 e. The molecule has 0 bridgehead atoms. The van der Waals surface area contributed by atoms with Gasteiger partial charge in [0.2, 0.25) is 0 Å². The molecule has 2 atom stereocenters. The van der Waals surface area contributed by atoms with E-state index < -0.39 is 11.8 Å². The summed E-state index contributed by atoms with van der Waals surface area (Å²) in [6, 6.07) is 15.5. The quantitative estimate of drug-likeness (QED) is 0.277. The van der Waals surface area contributed by atoms with Crippen LogP contribution in [0.25, 0.3) is 0 Å². The van der Waals surface area contributed by atoms with Crippen LogP contribution in [0.3, 0.4) is 0 Å². The molecule has 0 saturated carbocycles. The maximum Gasteiger partial charge on any atom is 0.313 e. The third kappa shape index (κ3) is 7.82. The van der Waals surface area contributed by atoms with Gasteiger partial charge in [0.05, 0.1) is 10.0 Å². The van der Waals surface area contributed by atoms with Gasteiger partial charge in [0.15, 0.2) is 0 Å². The van der Waals surface area contributed by atoms with Crippen molar-refractivity contribution in [1.82, 2.24) is 9.80 Å². The van der Waals surface area contributed by atoms with E-state index in [9.17, 15) is 14.4 Å². The van der Waals surface area contributed by atoms with Crippen LogP contribution >= 0.6 is 39.1 Å². The molecule has 0 spiro atoms. The Morgan fingerprint density at radius 3 is 2.39 bits per heavy atom. The number of anilines is 1. The number of aryl methyl sites for hydroxylation is 1. The Hall–Kier alpha value is -3.07. The molecule has 0 aliphatic carbocycles. The Labute approximate surface area is 258 Å². The van der Waals surface area contributed by atoms with Crippen molar-refractivity contribution in [2.75, 3.05) is 25.5 Å². The molecule has 2 unspecified atom stereocenters. The molecule has 0 radical (unpaired) electrons. The number of hydrogen-bond donors (Lipinski definition) is 1. The zero-order valence-corrected chi connectivity index (χ0v) is 26.4. The molecule has 216 valence electrons. The Kier molecular flexibility index (Phi) is 10.00. The van der Waals surface area contributed by atoms with E-state index in [4.69, 9.17) is 27.9 Å². The summed E-state index contributed by atoms with van der Waals surface area (Å²) in [5.74, 6) is 0.215. The summed E-state index contributed by atoms with van der Waals surface area (Å²) in [6.45, 7) is 7.63. The fourth-order valence-electron chi connectivity index (χ4n) is 5.00. The van der Waals surface area contributed by atoms with Gasteiger partial charge in [-0.05, 0) is 67.1 Å². The van der Waals surface area contributed by atoms with E-state index in [2.05, 4.69) is 35.1 Å². The predicted molar refractivity (Wildman–Crippen MR) is 166 cm³/mol. The number of nitrogens with zero attached hydrogens (tertiary/aromatic N) is 2. The highest BCUT2D eigenvalue weighted by atomic mass is 79.9. The van der Waals surface area contributed by atoms with Crippen LogP contribution in [0.15, 0.2) is 59.1 Å². The number of ether oxygens (including phenoxy) is 1. The number of piperidine rings is 1. The summed E-state index contributed by atoms with van der Waals surface area (Å²) in [5, 5.41) is 3.46. The number of hydrogen-bond acceptors (Lipinski definition) is 4. The zero-order valence-electron chi connectivity index (χ0n) is 23.3. The topological polar surface area (TPSA) is 79.0 Å². The van der Waals surface area contributed by atoms with Gasteiger partial charge in [-0.15, -0.1) is 0 Å². The summed E-state index contributed by atoms with van der Waals surface area (Å²) >= 11 is 15.6. The van der Waals surface area contributed by atoms with Crippen LogP contribution in [0.4, 0.5) is 5.69 Å². The second-order valence-electron chi connectivity index (χ2n) is 10.7. The lowest BCUT2D eigenvalue weighted by molar-refractivity contribution is -0.142. The van der Waals surface area contributed by atoms with Gasteiger partial charge in [0.25, 0.3) is 5.91 Å². The molecule has 1 N–H and O–H groups in total. The van der Waals surface area contributed by atoms with E-state index in [-0.39, 0.29) is 12.5 Å². The summed E-state index contributed by atoms with van der Waals surface area (Å²) in [5.41, 5.74) is 2.33. The SMILES string of the molecule is Cc1ccc(C(=O)N2CC(C)CC(C)C2)cc1NC(=O)C(=O)N(C)Cc1ccc(Br)cc1Oc1ccc(Cl)c(Cl)c1. The minimum atomic E-state index is -0.801. The molecule has 3 aromatic carbocycles. The highest BCUT2D eigenvalue weighted by molar-refractivity contribution is 9.10. The average Bonchev–Trinajstić information content (AvgIpc) is 2.92. The normalized spacial score (nSPS) is 16.7. The average molecular weight is 661 g/mol. The fraction of sp³-hybridized carbons (Fsp3) is 0.323. The van der Waals surface area contributed by atoms with E-state index in [0.717, 1.165) is 16.5 Å². The van der Waals surface area contributed by atoms with Crippen LogP contribution in [0.2, 0.25) is 10.0 Å². The molecule has 1 aliphatic heterocycles. The second-order valence-corrected chi connectivity index (χ2v) is 12.5. The molecule has 41 heavy (non-hydrogen) atoms. The van der Waals surface area contributed by atoms with Crippen LogP contribution in [0, 0.1) is 18.8 Å². The Morgan fingerprint density at radius 1 is 1.00 bits per heavy atom. The van der Waals surface area contributed by atoms with Crippen molar-refractivity contribution in [3.05, 3.63) is 85.8 Å². The standard InChI is InChI=1S/C31H32BrCl2N3O4/c1-18-11-19(2)16-37(15-18)30(39)21-6-5-20(3)27(12-21)35-29(38)31(40)36(4)17-22-7-8-23(32)13-28(22)41-24-9-10-25(33)26(34)14-24/h5-10,12-14,18-19H,11,15-17H2,1-4H3,(H,35,38). The van der Waals surface area contributed by atoms with Crippen LogP contribution in [0.1, 0.15) is 41.8 Å². The molecule has 3 aromatic rings. The van der Waals surface area contributed by atoms with Crippen LogP contribution in [0.5, 0.6) is 11.5 Å². The van der Waals surface area contributed by atoms with Crippen molar-refractivity contribution >= 4 is 62.5 Å². The van der Waals surface area contributed by atoms with Gasteiger partial charge in [-0.25, -0.2) is 0 Å². The minimum absolute atomic E-state index is 0.0768. The lowest BCUT2D eigenvalue weighted by atomic mass is 9.91. The van der Waals surface area contributed by atoms with Crippen molar-refractivity contribution in [1.29, 1.82) is 0 Å². The number of carbonyl (C=O) groups is 3. The molecule has 1 saturated heterocycles. The zero-order chi connectivity index (χ0) is 29.8. The summed E-state index contributed by atoms with van der Waals surface area (Å²) in [6.07, 6.45) is 1.10. The molecule has 4 rings (SSSR count). The van der Waals surface area contributed by atoms with E-state index in [1.165, 1.54) is 4.90 Å². The van der Waals surface area contributed by atoms with Crippen molar-refractivity contribution in [2.24, 2.45) is 11.8 Å². The summed E-state index contributed by atoms with van der Waals surface area (Å²) in [7, 11) is 1.54. The maximum atomic E-state index is 13.2. The van der Waals surface area contributed by atoms with Gasteiger partial charge in [0.1, 0.15) is 11.5 Å². The Balaban J connectivity index is 1.45. The largest absolute Gasteiger partial charge is 0.457 e. The van der Waals surface area contributed by atoms with Crippen LogP contribution < -0.4 is 10.1 Å². The van der Waals surface area contributed by atoms with Gasteiger partial charge in [-0.2, -0.15) is 0 Å². The lowest BCUT2D eigenvalue weighted by Crippen LogP contribution is -2.42. The number of likely N-dealkylation sites (tertiary alicyclic amines) is 1. The highest BCUT2D eigenvalue weighted by Crippen LogP contribution is 2.33. The molecule has 1 aliphatic rings. The molecule has 3 amide bonds. The molecule has 0 aromatic heterocycles. The third-order valence-corrected chi connectivity index (χ3v) is 8.22. The molecule has 1 fully saturated rings. The molecular formula is C31H32BrCl2N3O4. The van der Waals surface area contributed by atoms with Gasteiger partial charge in [-0.3, -0.25) is 14.4 Å². The van der Waals surface area contributed by atoms with Gasteiger partial charge >= 0.3 is 11.8 Å². The van der Waals surface area contributed by atoms with Gasteiger partial charge in [-0.1, -0.05) is 65.1 Å². The maximum absolute atomic E-state index is 13.2. The number of rotatable bonds is 6. The van der Waals surface area contributed by atoms with Crippen molar-refractivity contribution in [2.45, 2.75) is 33.7 Å². The first-order chi connectivity index (χ1) is 19.4. The summed E-state index contributed by atoms with van der Waals surface area (Å²) < 4.78 is 6.81. The summed E-state index contributed by atoms with van der Waals surface area (Å²) in [4.78, 5) is 42.5. The van der Waals surface area contributed by atoms with E-state index >= 15 is 0 Å². The first-order valence-electron chi connectivity index (χ1n) is 13.3. The fourth-order valence-corrected chi connectivity index (χ4v) is 5.63. The van der Waals surface area contributed by atoms with Crippen molar-refractivity contribution < 1.29 is 19.1 Å². The molecule has 1 heterocycles. The van der Waals surface area contributed by atoms with Crippen molar-refractivity contribution in [3.63, 3.8) is 0 Å². The third-order valence-electron chi connectivity index (χ3n) is 6.99. The van der Waals surface area contributed by atoms with Gasteiger partial charge in [0, 0.05) is 54.0 Å². The highest BCUT2D eigenvalue weighted by Gasteiger charge is 2.27. The smallest absolute Gasteiger partial charge is 0.313 e. The number of nitrogens with one attached hydrogen (secondary N) is 1. The Bertz CT molecular complexity index is 1470. The van der Waals surface area contributed by atoms with Crippen LogP contribution in [-0.2, 0) is 16.1 Å². The first-order valence-corrected chi connectivity index (χ1v) is 14.8. The van der Waals surface area contributed by atoms with Crippen molar-refractivity contribution in [3.8, 4) is 11.5 Å². The molecular weight excluding hydrogens is 629 g/mol. The Morgan fingerprint density at radius 2 is 1.71 bits per heavy atom. The predicted octanol–water partition coefficient (Wildman–Crippen LogP) is 7.57. The first kappa shape index (κ1) is 30.9. The van der Waals surface area contributed by atoms with Crippen LogP contribution in [-0.4, -0.2) is 47.7 Å². The number of carbonyl (C=O) groups excluding carboxylic acids is 3.